The van der Waals surface area contributed by atoms with E-state index >= 15 is 0 Å². The summed E-state index contributed by atoms with van der Waals surface area (Å²) in [6.07, 6.45) is 7.35. The van der Waals surface area contributed by atoms with E-state index in [1.54, 1.807) is 0 Å². The number of H-pyrrole nitrogens is 1. The predicted molar refractivity (Wildman–Crippen MR) is 77.8 cm³/mol. The van der Waals surface area contributed by atoms with Crippen LogP contribution in [0.1, 0.15) is 71.0 Å². The van der Waals surface area contributed by atoms with E-state index in [4.69, 9.17) is 4.74 Å². The summed E-state index contributed by atoms with van der Waals surface area (Å²) in [4.78, 5) is 18.5. The van der Waals surface area contributed by atoms with Crippen molar-refractivity contribution in [3.05, 3.63) is 22.2 Å². The molecule has 0 aromatic carbocycles. The van der Waals surface area contributed by atoms with Crippen molar-refractivity contribution in [2.24, 2.45) is 0 Å². The molecule has 1 aromatic heterocycles. The summed E-state index contributed by atoms with van der Waals surface area (Å²) >= 11 is 0. The van der Waals surface area contributed by atoms with E-state index in [-0.39, 0.29) is 11.5 Å². The van der Waals surface area contributed by atoms with Crippen molar-refractivity contribution < 1.29 is 4.74 Å². The quantitative estimate of drug-likeness (QED) is 0.694. The van der Waals surface area contributed by atoms with Crippen molar-refractivity contribution in [2.75, 3.05) is 6.61 Å². The van der Waals surface area contributed by atoms with Gasteiger partial charge in [-0.2, -0.15) is 4.98 Å². The van der Waals surface area contributed by atoms with Gasteiger partial charge in [-0.3, -0.25) is 4.79 Å². The largest absolute Gasteiger partial charge is 0.477 e. The van der Waals surface area contributed by atoms with Crippen molar-refractivity contribution in [1.29, 1.82) is 0 Å². The van der Waals surface area contributed by atoms with E-state index in [1.807, 2.05) is 13.8 Å². The number of rotatable bonds is 9. The highest BCUT2D eigenvalue weighted by molar-refractivity contribution is 5.10. The molecule has 0 bridgehead atoms. The molecule has 0 unspecified atom stereocenters. The van der Waals surface area contributed by atoms with E-state index in [9.17, 15) is 4.79 Å². The topological polar surface area (TPSA) is 55.0 Å². The van der Waals surface area contributed by atoms with Gasteiger partial charge in [0.15, 0.2) is 0 Å². The monoisotopic (exact) mass is 266 g/mol. The van der Waals surface area contributed by atoms with Crippen LogP contribution in [0.3, 0.4) is 0 Å². The molecule has 0 saturated carbocycles. The molecule has 1 aromatic rings. The lowest BCUT2D eigenvalue weighted by atomic mass is 10.1. The second kappa shape index (κ2) is 8.73. The van der Waals surface area contributed by atoms with Crippen LogP contribution >= 0.6 is 0 Å². The van der Waals surface area contributed by atoms with Crippen molar-refractivity contribution >= 4 is 0 Å². The summed E-state index contributed by atoms with van der Waals surface area (Å²) in [6, 6.07) is 1.42. The van der Waals surface area contributed by atoms with E-state index in [1.165, 1.54) is 38.2 Å². The molecular weight excluding hydrogens is 240 g/mol. The predicted octanol–water partition coefficient (Wildman–Crippen LogP) is 3.63. The minimum Gasteiger partial charge on any atom is -0.477 e. The average molecular weight is 266 g/mol. The van der Waals surface area contributed by atoms with Gasteiger partial charge in [0.1, 0.15) is 5.82 Å². The molecule has 0 fully saturated rings. The normalized spacial score (nSPS) is 10.9. The molecule has 0 amide bonds. The smallest absolute Gasteiger partial charge is 0.254 e. The van der Waals surface area contributed by atoms with E-state index in [0.717, 1.165) is 6.42 Å². The first-order valence-corrected chi connectivity index (χ1v) is 7.37. The van der Waals surface area contributed by atoms with Crippen LogP contribution in [0.25, 0.3) is 0 Å². The van der Waals surface area contributed by atoms with Crippen LogP contribution in [0.15, 0.2) is 10.9 Å². The maximum Gasteiger partial charge on any atom is 0.254 e. The molecule has 0 aliphatic carbocycles. The Morgan fingerprint density at radius 3 is 2.58 bits per heavy atom. The van der Waals surface area contributed by atoms with Crippen molar-refractivity contribution in [3.8, 4) is 5.88 Å². The highest BCUT2D eigenvalue weighted by Gasteiger charge is 2.05. The van der Waals surface area contributed by atoms with Crippen LogP contribution in [0.5, 0.6) is 5.88 Å². The van der Waals surface area contributed by atoms with Gasteiger partial charge in [0.2, 0.25) is 5.88 Å². The fourth-order valence-corrected chi connectivity index (χ4v) is 1.86. The Hall–Kier alpha value is -1.32. The summed E-state index contributed by atoms with van der Waals surface area (Å²) in [5, 5.41) is 0. The molecule has 1 rings (SSSR count). The molecule has 0 aliphatic heterocycles. The summed E-state index contributed by atoms with van der Waals surface area (Å²) in [6.45, 7) is 6.85. The SMILES string of the molecule is CCCCCCCCOc1cc(=O)[nH]c(C(C)C)n1. The zero-order chi connectivity index (χ0) is 14.1. The van der Waals surface area contributed by atoms with Gasteiger partial charge in [-0.05, 0) is 6.42 Å². The lowest BCUT2D eigenvalue weighted by Gasteiger charge is -2.08. The molecule has 0 spiro atoms. The number of hydrogen-bond donors (Lipinski definition) is 1. The van der Waals surface area contributed by atoms with Crippen LogP contribution in [-0.4, -0.2) is 16.6 Å². The molecule has 1 heterocycles. The van der Waals surface area contributed by atoms with Crippen LogP contribution in [0.4, 0.5) is 0 Å². The summed E-state index contributed by atoms with van der Waals surface area (Å²) < 4.78 is 5.55. The minimum absolute atomic E-state index is 0.142. The van der Waals surface area contributed by atoms with Gasteiger partial charge in [0, 0.05) is 5.92 Å². The van der Waals surface area contributed by atoms with Gasteiger partial charge >= 0.3 is 0 Å². The molecule has 4 nitrogen and oxygen atoms in total. The first-order valence-electron chi connectivity index (χ1n) is 7.37. The molecule has 108 valence electrons. The van der Waals surface area contributed by atoms with Crippen LogP contribution in [0, 0.1) is 0 Å². The van der Waals surface area contributed by atoms with E-state index < -0.39 is 0 Å². The Morgan fingerprint density at radius 2 is 1.89 bits per heavy atom. The Kier molecular flexibility index (Phi) is 7.23. The number of nitrogens with one attached hydrogen (secondary N) is 1. The maximum absolute atomic E-state index is 11.4. The molecule has 4 heteroatoms. The molecular formula is C15H26N2O2. The first-order chi connectivity index (χ1) is 9.13. The van der Waals surface area contributed by atoms with Gasteiger partial charge in [0.25, 0.3) is 5.56 Å². The maximum atomic E-state index is 11.4. The molecule has 0 radical (unpaired) electrons. The Bertz CT molecular complexity index is 413. The number of nitrogens with zero attached hydrogens (tertiary/aromatic N) is 1. The van der Waals surface area contributed by atoms with Gasteiger partial charge in [0.05, 0.1) is 12.7 Å². The van der Waals surface area contributed by atoms with E-state index in [2.05, 4.69) is 16.9 Å². The fraction of sp³-hybridized carbons (Fsp3) is 0.733. The molecule has 0 saturated heterocycles. The lowest BCUT2D eigenvalue weighted by Crippen LogP contribution is -2.13. The molecule has 19 heavy (non-hydrogen) atoms. The summed E-state index contributed by atoms with van der Waals surface area (Å²) in [7, 11) is 0. The average Bonchev–Trinajstić information content (AvgIpc) is 2.37. The van der Waals surface area contributed by atoms with Gasteiger partial charge in [-0.25, -0.2) is 0 Å². The Balaban J connectivity index is 2.31. The standard InChI is InChI=1S/C15H26N2O2/c1-4-5-6-7-8-9-10-19-14-11-13(18)16-15(17-14)12(2)3/h11-12H,4-10H2,1-3H3,(H,16,17,18). The molecule has 1 N–H and O–H groups in total. The molecule has 0 aliphatic rings. The van der Waals surface area contributed by atoms with Crippen molar-refractivity contribution in [1.82, 2.24) is 9.97 Å². The number of ether oxygens (including phenoxy) is 1. The number of hydrogen-bond acceptors (Lipinski definition) is 3. The third-order valence-corrected chi connectivity index (χ3v) is 3.03. The highest BCUT2D eigenvalue weighted by Crippen LogP contribution is 2.11. The lowest BCUT2D eigenvalue weighted by molar-refractivity contribution is 0.291. The second-order valence-corrected chi connectivity index (χ2v) is 5.24. The van der Waals surface area contributed by atoms with Crippen LogP contribution < -0.4 is 10.3 Å². The fourth-order valence-electron chi connectivity index (χ4n) is 1.86. The van der Waals surface area contributed by atoms with Crippen LogP contribution in [0.2, 0.25) is 0 Å². The Morgan fingerprint density at radius 1 is 1.21 bits per heavy atom. The zero-order valence-corrected chi connectivity index (χ0v) is 12.4. The number of aromatic amines is 1. The second-order valence-electron chi connectivity index (χ2n) is 5.24. The van der Waals surface area contributed by atoms with Gasteiger partial charge < -0.3 is 9.72 Å². The van der Waals surface area contributed by atoms with Crippen molar-refractivity contribution in [2.45, 2.75) is 65.2 Å². The third-order valence-electron chi connectivity index (χ3n) is 3.03. The number of unbranched alkanes of at least 4 members (excludes halogenated alkanes) is 5. The van der Waals surface area contributed by atoms with Gasteiger partial charge in [-0.1, -0.05) is 52.9 Å². The van der Waals surface area contributed by atoms with E-state index in [0.29, 0.717) is 18.3 Å². The highest BCUT2D eigenvalue weighted by atomic mass is 16.5. The Labute approximate surface area is 115 Å². The summed E-state index contributed by atoms with van der Waals surface area (Å²) in [5.41, 5.74) is -0.142. The van der Waals surface area contributed by atoms with Crippen molar-refractivity contribution in [3.63, 3.8) is 0 Å². The zero-order valence-electron chi connectivity index (χ0n) is 12.4. The minimum atomic E-state index is -0.142. The first kappa shape index (κ1) is 15.7. The summed E-state index contributed by atoms with van der Waals surface area (Å²) in [5.74, 6) is 1.33. The third kappa shape index (κ3) is 6.41. The number of aromatic nitrogens is 2. The van der Waals surface area contributed by atoms with Crippen LogP contribution in [-0.2, 0) is 0 Å². The molecule has 0 atom stereocenters. The van der Waals surface area contributed by atoms with Gasteiger partial charge in [-0.15, -0.1) is 0 Å².